The van der Waals surface area contributed by atoms with Crippen LogP contribution in [-0.4, -0.2) is 64.4 Å². The zero-order valence-electron chi connectivity index (χ0n) is 29.6. The van der Waals surface area contributed by atoms with Crippen molar-refractivity contribution in [1.82, 2.24) is 21.3 Å². The molecular weight excluding hydrogens is 540 g/mol. The second-order valence-corrected chi connectivity index (χ2v) is 15.1. The smallest absolute Gasteiger partial charge is 0.0171 e. The summed E-state index contributed by atoms with van der Waals surface area (Å²) in [5, 5.41) is 14.9. The largest absolute Gasteiger partial charge is 0.330 e. The molecule has 250 valence electrons. The minimum atomic E-state index is -0.0243. The van der Waals surface area contributed by atoms with Crippen molar-refractivity contribution in [3.05, 3.63) is 59.7 Å². The topological polar surface area (TPSA) is 100 Å². The molecule has 0 bridgehead atoms. The molecule has 0 fully saturated rings. The Hall–Kier alpha value is -1.80. The highest BCUT2D eigenvalue weighted by atomic mass is 15.0. The third-order valence-electron chi connectivity index (χ3n) is 8.93. The lowest BCUT2D eigenvalue weighted by atomic mass is 9.79. The molecule has 0 heterocycles. The summed E-state index contributed by atoms with van der Waals surface area (Å²) in [5.41, 5.74) is 17.9. The lowest BCUT2D eigenvalue weighted by molar-refractivity contribution is 0.245. The molecule has 2 aromatic carbocycles. The minimum absolute atomic E-state index is 0.0243. The molecule has 44 heavy (non-hydrogen) atoms. The van der Waals surface area contributed by atoms with E-state index in [2.05, 4.69) is 125 Å². The van der Waals surface area contributed by atoms with Gasteiger partial charge in [-0.2, -0.15) is 0 Å². The van der Waals surface area contributed by atoms with Crippen LogP contribution in [0.3, 0.4) is 0 Å². The minimum Gasteiger partial charge on any atom is -0.330 e. The van der Waals surface area contributed by atoms with Crippen molar-refractivity contribution in [3.8, 4) is 11.1 Å². The fourth-order valence-corrected chi connectivity index (χ4v) is 5.56. The maximum atomic E-state index is 6.34. The van der Waals surface area contributed by atoms with Gasteiger partial charge in [-0.1, -0.05) is 104 Å². The molecule has 6 nitrogen and oxygen atoms in total. The average Bonchev–Trinajstić information content (AvgIpc) is 2.99. The molecule has 6 heteroatoms. The van der Waals surface area contributed by atoms with E-state index in [1.54, 1.807) is 0 Å². The van der Waals surface area contributed by atoms with Crippen LogP contribution in [0.25, 0.3) is 11.1 Å². The Balaban J connectivity index is 2.28. The molecule has 0 spiro atoms. The predicted molar refractivity (Wildman–Crippen MR) is 193 cm³/mol. The van der Waals surface area contributed by atoms with Crippen molar-refractivity contribution in [2.24, 2.45) is 34.1 Å². The lowest BCUT2D eigenvalue weighted by Crippen LogP contribution is -2.48. The molecule has 2 rings (SSSR count). The van der Waals surface area contributed by atoms with Crippen LogP contribution in [0.2, 0.25) is 0 Å². The first-order valence-electron chi connectivity index (χ1n) is 17.3. The normalized spacial score (nSPS) is 14.0. The summed E-state index contributed by atoms with van der Waals surface area (Å²) >= 11 is 0. The maximum Gasteiger partial charge on any atom is 0.0171 e. The van der Waals surface area contributed by atoms with Crippen LogP contribution in [-0.2, 0) is 12.8 Å². The van der Waals surface area contributed by atoms with Gasteiger partial charge in [0, 0.05) is 12.1 Å². The van der Waals surface area contributed by atoms with Gasteiger partial charge >= 0.3 is 0 Å². The van der Waals surface area contributed by atoms with Crippen LogP contribution in [0, 0.1) is 22.7 Å². The van der Waals surface area contributed by atoms with Gasteiger partial charge in [0.15, 0.2) is 0 Å². The first-order valence-corrected chi connectivity index (χ1v) is 17.3. The van der Waals surface area contributed by atoms with Crippen LogP contribution in [0.1, 0.15) is 79.4 Å². The summed E-state index contributed by atoms with van der Waals surface area (Å²) in [4.78, 5) is 0. The molecule has 0 amide bonds. The molecule has 0 aliphatic heterocycles. The molecule has 0 saturated carbocycles. The number of nitrogens with one attached hydrogen (secondary N) is 4. The van der Waals surface area contributed by atoms with Crippen molar-refractivity contribution >= 4 is 0 Å². The Morgan fingerprint density at radius 2 is 1.02 bits per heavy atom. The summed E-state index contributed by atoms with van der Waals surface area (Å²) in [5.74, 6) is 1.35. The number of hydrogen-bond donors (Lipinski definition) is 6. The van der Waals surface area contributed by atoms with Gasteiger partial charge in [-0.25, -0.2) is 0 Å². The third kappa shape index (κ3) is 14.1. The van der Waals surface area contributed by atoms with E-state index in [1.807, 2.05) is 0 Å². The van der Waals surface area contributed by atoms with Crippen molar-refractivity contribution in [2.75, 3.05) is 52.4 Å². The number of rotatable bonds is 23. The Morgan fingerprint density at radius 3 is 1.41 bits per heavy atom. The Morgan fingerprint density at radius 1 is 0.591 bits per heavy atom. The van der Waals surface area contributed by atoms with E-state index < -0.39 is 0 Å². The van der Waals surface area contributed by atoms with Gasteiger partial charge in [0.25, 0.3) is 0 Å². The first kappa shape index (κ1) is 38.4. The number of benzene rings is 2. The SMILES string of the molecule is CC(C)CNCCCNC(Cc1cc(CC(NCCCNCC(C)C)C(C)(C)CN)cc(-c2ccccc2)c1)C(C)(C)CN. The molecule has 2 aromatic rings. The molecular formula is C38H68N6. The summed E-state index contributed by atoms with van der Waals surface area (Å²) in [6, 6.07) is 18.6. The second kappa shape index (κ2) is 19.7. The molecule has 0 aromatic heterocycles. The Labute approximate surface area is 271 Å². The van der Waals surface area contributed by atoms with E-state index in [1.165, 1.54) is 22.3 Å². The summed E-state index contributed by atoms with van der Waals surface area (Å²) in [6.45, 7) is 25.7. The fraction of sp³-hybridized carbons (Fsp3) is 0.684. The lowest BCUT2D eigenvalue weighted by Gasteiger charge is -2.35. The van der Waals surface area contributed by atoms with Crippen LogP contribution < -0.4 is 32.7 Å². The quantitative estimate of drug-likeness (QED) is 0.0920. The number of hydrogen-bond acceptors (Lipinski definition) is 6. The van der Waals surface area contributed by atoms with Crippen LogP contribution in [0.4, 0.5) is 0 Å². The monoisotopic (exact) mass is 609 g/mol. The van der Waals surface area contributed by atoms with E-state index in [0.717, 1.165) is 65.0 Å². The molecule has 8 N–H and O–H groups in total. The van der Waals surface area contributed by atoms with Crippen molar-refractivity contribution in [2.45, 2.75) is 93.2 Å². The van der Waals surface area contributed by atoms with E-state index >= 15 is 0 Å². The summed E-state index contributed by atoms with van der Waals surface area (Å²) < 4.78 is 0. The van der Waals surface area contributed by atoms with Gasteiger partial charge in [-0.15, -0.1) is 0 Å². The first-order chi connectivity index (χ1) is 20.9. The van der Waals surface area contributed by atoms with Crippen LogP contribution in [0.5, 0.6) is 0 Å². The highest BCUT2D eigenvalue weighted by Gasteiger charge is 2.30. The predicted octanol–water partition coefficient (Wildman–Crippen LogP) is 5.60. The molecule has 0 aliphatic rings. The van der Waals surface area contributed by atoms with Gasteiger partial charge in [0.05, 0.1) is 0 Å². The standard InChI is InChI=1S/C38H68N6/c1-29(2)25-41-16-12-18-43-35(37(5,6)27-39)23-31-20-32(22-34(21-31)33-14-10-9-11-15-33)24-36(38(7,8)28-40)44-19-13-17-42-26-30(3)4/h9-11,14-15,20-22,29-30,35-36,41-44H,12-13,16-19,23-28,39-40H2,1-8H3. The molecule has 2 atom stereocenters. The Kier molecular flexibility index (Phi) is 17.1. The fourth-order valence-electron chi connectivity index (χ4n) is 5.56. The van der Waals surface area contributed by atoms with E-state index in [9.17, 15) is 0 Å². The molecule has 0 radical (unpaired) electrons. The van der Waals surface area contributed by atoms with Gasteiger partial charge < -0.3 is 32.7 Å². The summed E-state index contributed by atoms with van der Waals surface area (Å²) in [6.07, 6.45) is 4.09. The molecule has 2 unspecified atom stereocenters. The van der Waals surface area contributed by atoms with Crippen molar-refractivity contribution in [3.63, 3.8) is 0 Å². The average molecular weight is 609 g/mol. The van der Waals surface area contributed by atoms with Crippen LogP contribution in [0.15, 0.2) is 48.5 Å². The van der Waals surface area contributed by atoms with Crippen LogP contribution >= 0.6 is 0 Å². The van der Waals surface area contributed by atoms with E-state index in [4.69, 9.17) is 11.5 Å². The zero-order chi connectivity index (χ0) is 32.6. The highest BCUT2D eigenvalue weighted by Crippen LogP contribution is 2.29. The zero-order valence-corrected chi connectivity index (χ0v) is 29.6. The summed E-state index contributed by atoms with van der Waals surface area (Å²) in [7, 11) is 0. The van der Waals surface area contributed by atoms with Gasteiger partial charge in [-0.05, 0) is 123 Å². The van der Waals surface area contributed by atoms with E-state index in [0.29, 0.717) is 24.9 Å². The molecule has 0 saturated heterocycles. The van der Waals surface area contributed by atoms with E-state index in [-0.39, 0.29) is 22.9 Å². The van der Waals surface area contributed by atoms with Crippen molar-refractivity contribution in [1.29, 1.82) is 0 Å². The number of nitrogens with two attached hydrogens (primary N) is 2. The second-order valence-electron chi connectivity index (χ2n) is 15.1. The molecule has 0 aliphatic carbocycles. The van der Waals surface area contributed by atoms with Gasteiger partial charge in [-0.3, -0.25) is 0 Å². The van der Waals surface area contributed by atoms with Gasteiger partial charge in [0.1, 0.15) is 0 Å². The Bertz CT molecular complexity index is 973. The maximum absolute atomic E-state index is 6.34. The van der Waals surface area contributed by atoms with Gasteiger partial charge in [0.2, 0.25) is 0 Å². The van der Waals surface area contributed by atoms with Crippen molar-refractivity contribution < 1.29 is 0 Å². The third-order valence-corrected chi connectivity index (χ3v) is 8.93. The highest BCUT2D eigenvalue weighted by molar-refractivity contribution is 5.65.